The van der Waals surface area contributed by atoms with Crippen LogP contribution in [-0.4, -0.2) is 42.1 Å². The summed E-state index contributed by atoms with van der Waals surface area (Å²) in [5.74, 6) is -2.54. The first kappa shape index (κ1) is 15.4. The molecule has 2 aliphatic heterocycles. The third-order valence-electron chi connectivity index (χ3n) is 4.01. The zero-order chi connectivity index (χ0) is 15.1. The zero-order valence-electron chi connectivity index (χ0n) is 12.6. The lowest BCUT2D eigenvalue weighted by Crippen LogP contribution is -2.49. The Kier molecular flexibility index (Phi) is 3.92. The number of carbonyl (C=O) groups excluding carboxylic acids is 2. The van der Waals surface area contributed by atoms with Gasteiger partial charge in [0.15, 0.2) is 12.1 Å². The summed E-state index contributed by atoms with van der Waals surface area (Å²) in [5.41, 5.74) is -1.22. The summed E-state index contributed by atoms with van der Waals surface area (Å²) in [6.45, 7) is 9.05. The Balaban J connectivity index is 2.22. The second-order valence-electron chi connectivity index (χ2n) is 5.67. The van der Waals surface area contributed by atoms with E-state index in [1.54, 1.807) is 27.7 Å². The van der Waals surface area contributed by atoms with Gasteiger partial charge in [-0.05, 0) is 27.2 Å². The molecule has 2 rings (SSSR count). The highest BCUT2D eigenvalue weighted by molar-refractivity contribution is 6.37. The Bertz CT molecular complexity index is 418. The van der Waals surface area contributed by atoms with Gasteiger partial charge in [-0.3, -0.25) is 4.79 Å². The Morgan fingerprint density at radius 1 is 1.15 bits per heavy atom. The highest BCUT2D eigenvalue weighted by Crippen LogP contribution is 2.47. The summed E-state index contributed by atoms with van der Waals surface area (Å²) in [4.78, 5) is 24.1. The standard InChI is InChI=1S/C14H22O6/c1-6-14(10(15)11(16)17-7-2)8(3)9-12(20-14)19-13(4,5)18-9/h8-9,12H,6-7H2,1-5H3/t8-,9-,12+,14+/m1/s1. The van der Waals surface area contributed by atoms with Gasteiger partial charge >= 0.3 is 5.97 Å². The van der Waals surface area contributed by atoms with Crippen LogP contribution in [0.5, 0.6) is 0 Å². The fraction of sp³-hybridized carbons (Fsp3) is 0.857. The van der Waals surface area contributed by atoms with Crippen LogP contribution in [0.15, 0.2) is 0 Å². The quantitative estimate of drug-likeness (QED) is 0.575. The van der Waals surface area contributed by atoms with Gasteiger partial charge in [-0.1, -0.05) is 13.8 Å². The maximum absolute atomic E-state index is 12.4. The molecule has 6 heteroatoms. The first-order chi connectivity index (χ1) is 9.27. The molecule has 0 N–H and O–H groups in total. The van der Waals surface area contributed by atoms with Crippen LogP contribution in [0.2, 0.25) is 0 Å². The lowest BCUT2D eigenvalue weighted by atomic mass is 9.81. The van der Waals surface area contributed by atoms with Crippen LogP contribution in [0, 0.1) is 5.92 Å². The van der Waals surface area contributed by atoms with Gasteiger partial charge in [-0.15, -0.1) is 0 Å². The molecule has 0 bridgehead atoms. The molecule has 0 radical (unpaired) electrons. The van der Waals surface area contributed by atoms with Crippen molar-refractivity contribution in [2.24, 2.45) is 5.92 Å². The molecule has 2 saturated heterocycles. The predicted molar refractivity (Wildman–Crippen MR) is 68.7 cm³/mol. The molecule has 2 aliphatic rings. The van der Waals surface area contributed by atoms with Crippen molar-refractivity contribution in [3.8, 4) is 0 Å². The normalized spacial score (nSPS) is 38.5. The van der Waals surface area contributed by atoms with Gasteiger partial charge in [0.05, 0.1) is 6.61 Å². The van der Waals surface area contributed by atoms with E-state index in [9.17, 15) is 9.59 Å². The summed E-state index contributed by atoms with van der Waals surface area (Å²) < 4.78 is 22.0. The van der Waals surface area contributed by atoms with Crippen LogP contribution in [0.3, 0.4) is 0 Å². The monoisotopic (exact) mass is 286 g/mol. The lowest BCUT2D eigenvalue weighted by Gasteiger charge is -2.32. The Morgan fingerprint density at radius 3 is 2.30 bits per heavy atom. The van der Waals surface area contributed by atoms with E-state index < -0.39 is 29.4 Å². The molecule has 114 valence electrons. The van der Waals surface area contributed by atoms with Crippen LogP contribution in [0.1, 0.15) is 41.0 Å². The van der Waals surface area contributed by atoms with Crippen molar-refractivity contribution in [1.82, 2.24) is 0 Å². The van der Waals surface area contributed by atoms with Gasteiger partial charge in [-0.2, -0.15) is 0 Å². The van der Waals surface area contributed by atoms with E-state index in [0.717, 1.165) is 0 Å². The van der Waals surface area contributed by atoms with Crippen LogP contribution in [-0.2, 0) is 28.5 Å². The predicted octanol–water partition coefficient (Wildman–Crippen LogP) is 1.41. The number of fused-ring (bicyclic) bond motifs is 1. The minimum absolute atomic E-state index is 0.158. The second-order valence-corrected chi connectivity index (χ2v) is 5.67. The van der Waals surface area contributed by atoms with Crippen molar-refractivity contribution in [1.29, 1.82) is 0 Å². The SMILES string of the molecule is CCOC(=O)C(=O)[C@@]1(CC)O[C@@H]2OC(C)(C)O[C@@H]2[C@H]1C. The summed E-state index contributed by atoms with van der Waals surface area (Å²) in [6, 6.07) is 0. The number of ether oxygens (including phenoxy) is 4. The van der Waals surface area contributed by atoms with Gasteiger partial charge in [0.2, 0.25) is 0 Å². The first-order valence-electron chi connectivity index (χ1n) is 7.02. The lowest BCUT2D eigenvalue weighted by molar-refractivity contribution is -0.230. The van der Waals surface area contributed by atoms with E-state index in [1.165, 1.54) is 0 Å². The van der Waals surface area contributed by atoms with E-state index in [0.29, 0.717) is 6.42 Å². The molecule has 0 aromatic heterocycles. The van der Waals surface area contributed by atoms with Crippen molar-refractivity contribution < 1.29 is 28.5 Å². The van der Waals surface area contributed by atoms with E-state index in [1.807, 2.05) is 6.92 Å². The number of ketones is 1. The molecule has 2 heterocycles. The van der Waals surface area contributed by atoms with Crippen LogP contribution in [0.4, 0.5) is 0 Å². The van der Waals surface area contributed by atoms with Crippen LogP contribution >= 0.6 is 0 Å². The van der Waals surface area contributed by atoms with Gasteiger partial charge in [0, 0.05) is 5.92 Å². The number of Topliss-reactive ketones (excluding diaryl/α,β-unsaturated/α-hetero) is 1. The molecule has 0 aromatic rings. The van der Waals surface area contributed by atoms with E-state index >= 15 is 0 Å². The molecular formula is C14H22O6. The highest BCUT2D eigenvalue weighted by Gasteiger charge is 2.63. The molecule has 20 heavy (non-hydrogen) atoms. The topological polar surface area (TPSA) is 71.1 Å². The van der Waals surface area contributed by atoms with Crippen molar-refractivity contribution in [2.75, 3.05) is 6.61 Å². The first-order valence-corrected chi connectivity index (χ1v) is 7.02. The van der Waals surface area contributed by atoms with E-state index in [2.05, 4.69) is 0 Å². The number of hydrogen-bond acceptors (Lipinski definition) is 6. The molecule has 4 atom stereocenters. The molecule has 6 nitrogen and oxygen atoms in total. The van der Waals surface area contributed by atoms with E-state index in [-0.39, 0.29) is 18.6 Å². The van der Waals surface area contributed by atoms with E-state index in [4.69, 9.17) is 18.9 Å². The number of esters is 1. The molecule has 0 aromatic carbocycles. The largest absolute Gasteiger partial charge is 0.460 e. The summed E-state index contributed by atoms with van der Waals surface area (Å²) in [6.07, 6.45) is -0.618. The maximum atomic E-state index is 12.4. The molecular weight excluding hydrogens is 264 g/mol. The molecule has 0 saturated carbocycles. The third-order valence-corrected chi connectivity index (χ3v) is 4.01. The summed E-state index contributed by atoms with van der Waals surface area (Å²) in [5, 5.41) is 0. The minimum Gasteiger partial charge on any atom is -0.460 e. The van der Waals surface area contributed by atoms with Crippen molar-refractivity contribution in [2.45, 2.75) is 64.8 Å². The van der Waals surface area contributed by atoms with Crippen molar-refractivity contribution in [3.05, 3.63) is 0 Å². The average molecular weight is 286 g/mol. The summed E-state index contributed by atoms with van der Waals surface area (Å²) in [7, 11) is 0. The zero-order valence-corrected chi connectivity index (χ0v) is 12.6. The second kappa shape index (κ2) is 5.09. The molecule has 0 spiro atoms. The third kappa shape index (κ3) is 2.25. The number of carbonyl (C=O) groups is 2. The molecule has 0 aliphatic carbocycles. The van der Waals surface area contributed by atoms with Gasteiger partial charge in [0.1, 0.15) is 11.7 Å². The highest BCUT2D eigenvalue weighted by atomic mass is 16.8. The Morgan fingerprint density at radius 2 is 1.80 bits per heavy atom. The fourth-order valence-electron chi connectivity index (χ4n) is 2.96. The smallest absolute Gasteiger partial charge is 0.377 e. The fourth-order valence-corrected chi connectivity index (χ4v) is 2.96. The van der Waals surface area contributed by atoms with Crippen molar-refractivity contribution >= 4 is 11.8 Å². The van der Waals surface area contributed by atoms with Crippen LogP contribution in [0.25, 0.3) is 0 Å². The summed E-state index contributed by atoms with van der Waals surface area (Å²) >= 11 is 0. The maximum Gasteiger partial charge on any atom is 0.377 e. The van der Waals surface area contributed by atoms with Gasteiger partial charge in [-0.25, -0.2) is 4.79 Å². The molecule has 2 fully saturated rings. The van der Waals surface area contributed by atoms with Gasteiger partial charge < -0.3 is 18.9 Å². The Hall–Kier alpha value is -0.980. The minimum atomic E-state index is -1.22. The average Bonchev–Trinajstić information content (AvgIpc) is 2.81. The number of hydrogen-bond donors (Lipinski definition) is 0. The number of rotatable bonds is 4. The molecule has 0 unspecified atom stereocenters. The van der Waals surface area contributed by atoms with Crippen LogP contribution < -0.4 is 0 Å². The van der Waals surface area contributed by atoms with Gasteiger partial charge in [0.25, 0.3) is 5.78 Å². The Labute approximate surface area is 118 Å². The molecule has 0 amide bonds. The van der Waals surface area contributed by atoms with Crippen molar-refractivity contribution in [3.63, 3.8) is 0 Å².